The molecule has 0 aromatic heterocycles. The van der Waals surface area contributed by atoms with Gasteiger partial charge < -0.3 is 5.73 Å². The van der Waals surface area contributed by atoms with Crippen LogP contribution >= 0.6 is 12.2 Å². The van der Waals surface area contributed by atoms with Gasteiger partial charge in [-0.3, -0.25) is 4.79 Å². The second kappa shape index (κ2) is 3.45. The Bertz CT molecular complexity index is 300. The number of hydrogen-bond acceptors (Lipinski definition) is 2. The zero-order valence-electron chi connectivity index (χ0n) is 6.70. The van der Waals surface area contributed by atoms with E-state index in [0.717, 1.165) is 0 Å². The lowest BCUT2D eigenvalue weighted by Crippen LogP contribution is -2.13. The fraction of sp³-hybridized carbons (Fsp3) is 0.111. The van der Waals surface area contributed by atoms with E-state index in [1.165, 1.54) is 6.92 Å². The molecular weight excluding hydrogens is 170 g/mol. The van der Waals surface area contributed by atoms with Gasteiger partial charge in [-0.25, -0.2) is 0 Å². The monoisotopic (exact) mass is 179 g/mol. The van der Waals surface area contributed by atoms with Crippen molar-refractivity contribution in [3.05, 3.63) is 35.4 Å². The fourth-order valence-electron chi connectivity index (χ4n) is 1.00. The second-order valence-electron chi connectivity index (χ2n) is 2.47. The summed E-state index contributed by atoms with van der Waals surface area (Å²) in [6.07, 6.45) is 0. The van der Waals surface area contributed by atoms with Crippen molar-refractivity contribution in [1.82, 2.24) is 0 Å². The van der Waals surface area contributed by atoms with Gasteiger partial charge in [-0.1, -0.05) is 36.5 Å². The average Bonchev–Trinajstić information content (AvgIpc) is 2.04. The van der Waals surface area contributed by atoms with Crippen LogP contribution in [0.2, 0.25) is 0 Å². The largest absolute Gasteiger partial charge is 0.389 e. The van der Waals surface area contributed by atoms with Crippen LogP contribution in [0.1, 0.15) is 22.8 Å². The first kappa shape index (κ1) is 8.87. The summed E-state index contributed by atoms with van der Waals surface area (Å²) in [5.41, 5.74) is 6.67. The quantitative estimate of drug-likeness (QED) is 0.553. The SMILES string of the molecule is CC(=O)c1ccccc1C(N)=S. The lowest BCUT2D eigenvalue weighted by atomic mass is 10.0. The highest BCUT2D eigenvalue weighted by Crippen LogP contribution is 2.08. The van der Waals surface area contributed by atoms with Crippen LogP contribution in [0.3, 0.4) is 0 Å². The van der Waals surface area contributed by atoms with Crippen LogP contribution in [0.5, 0.6) is 0 Å². The van der Waals surface area contributed by atoms with Crippen LogP contribution in [0.4, 0.5) is 0 Å². The van der Waals surface area contributed by atoms with Gasteiger partial charge in [0.05, 0.1) is 0 Å². The van der Waals surface area contributed by atoms with Crippen molar-refractivity contribution in [2.45, 2.75) is 6.92 Å². The van der Waals surface area contributed by atoms with Crippen molar-refractivity contribution >= 4 is 23.0 Å². The van der Waals surface area contributed by atoms with E-state index in [0.29, 0.717) is 11.1 Å². The van der Waals surface area contributed by atoms with E-state index in [-0.39, 0.29) is 10.8 Å². The number of nitrogens with two attached hydrogens (primary N) is 1. The van der Waals surface area contributed by atoms with E-state index in [2.05, 4.69) is 0 Å². The second-order valence-corrected chi connectivity index (χ2v) is 2.91. The van der Waals surface area contributed by atoms with E-state index < -0.39 is 0 Å². The van der Waals surface area contributed by atoms with Gasteiger partial charge in [0.25, 0.3) is 0 Å². The van der Waals surface area contributed by atoms with E-state index in [4.69, 9.17) is 18.0 Å². The maximum absolute atomic E-state index is 11.1. The first-order valence-corrected chi connectivity index (χ1v) is 3.93. The Morgan fingerprint density at radius 3 is 2.17 bits per heavy atom. The molecule has 2 nitrogen and oxygen atoms in total. The molecule has 0 fully saturated rings. The molecule has 0 aliphatic rings. The molecule has 0 aliphatic carbocycles. The van der Waals surface area contributed by atoms with Crippen molar-refractivity contribution in [2.24, 2.45) is 5.73 Å². The highest BCUT2D eigenvalue weighted by molar-refractivity contribution is 7.80. The molecule has 0 bridgehead atoms. The standard InChI is InChI=1S/C9H9NOS/c1-6(11)7-4-2-3-5-8(7)9(10)12/h2-5H,1H3,(H2,10,12). The third-order valence-corrected chi connectivity index (χ3v) is 1.79. The van der Waals surface area contributed by atoms with Gasteiger partial charge in [0.2, 0.25) is 0 Å². The van der Waals surface area contributed by atoms with Gasteiger partial charge in [-0.15, -0.1) is 0 Å². The highest BCUT2D eigenvalue weighted by atomic mass is 32.1. The molecule has 0 saturated carbocycles. The molecule has 0 amide bonds. The first-order valence-electron chi connectivity index (χ1n) is 3.52. The average molecular weight is 179 g/mol. The highest BCUT2D eigenvalue weighted by Gasteiger charge is 2.06. The predicted molar refractivity (Wildman–Crippen MR) is 52.3 cm³/mol. The van der Waals surface area contributed by atoms with Gasteiger partial charge in [0.1, 0.15) is 4.99 Å². The molecule has 1 aromatic carbocycles. The van der Waals surface area contributed by atoms with Gasteiger partial charge in [0, 0.05) is 11.1 Å². The van der Waals surface area contributed by atoms with Crippen molar-refractivity contribution in [1.29, 1.82) is 0 Å². The molecule has 1 rings (SSSR count). The summed E-state index contributed by atoms with van der Waals surface area (Å²) in [7, 11) is 0. The Labute approximate surface area is 76.4 Å². The molecule has 0 spiro atoms. The van der Waals surface area contributed by atoms with Crippen molar-refractivity contribution in [3.8, 4) is 0 Å². The molecule has 0 atom stereocenters. The summed E-state index contributed by atoms with van der Waals surface area (Å²) >= 11 is 4.79. The third-order valence-electron chi connectivity index (χ3n) is 1.57. The Morgan fingerprint density at radius 2 is 1.83 bits per heavy atom. The maximum Gasteiger partial charge on any atom is 0.160 e. The van der Waals surface area contributed by atoms with Gasteiger partial charge in [-0.2, -0.15) is 0 Å². The van der Waals surface area contributed by atoms with Crippen LogP contribution in [0, 0.1) is 0 Å². The molecule has 0 saturated heterocycles. The molecule has 12 heavy (non-hydrogen) atoms. The zero-order chi connectivity index (χ0) is 9.14. The number of carbonyl (C=O) groups excluding carboxylic acids is 1. The summed E-state index contributed by atoms with van der Waals surface area (Å²) in [5, 5.41) is 0. The molecule has 0 unspecified atom stereocenters. The number of carbonyl (C=O) groups is 1. The maximum atomic E-state index is 11.1. The summed E-state index contributed by atoms with van der Waals surface area (Å²) in [6.45, 7) is 1.50. The summed E-state index contributed by atoms with van der Waals surface area (Å²) in [5.74, 6) is -0.0154. The number of rotatable bonds is 2. The summed E-state index contributed by atoms with van der Waals surface area (Å²) in [6, 6.07) is 7.06. The molecule has 62 valence electrons. The number of Topliss-reactive ketones (excluding diaryl/α,β-unsaturated/α-hetero) is 1. The Kier molecular flexibility index (Phi) is 2.55. The minimum absolute atomic E-state index is 0.0154. The third kappa shape index (κ3) is 1.68. The molecule has 2 N–H and O–H groups in total. The first-order chi connectivity index (χ1) is 5.63. The van der Waals surface area contributed by atoms with Crippen LogP contribution in [-0.4, -0.2) is 10.8 Å². The van der Waals surface area contributed by atoms with Crippen LogP contribution in [-0.2, 0) is 0 Å². The molecule has 3 heteroatoms. The van der Waals surface area contributed by atoms with Crippen molar-refractivity contribution < 1.29 is 4.79 Å². The van der Waals surface area contributed by atoms with Gasteiger partial charge in [0.15, 0.2) is 5.78 Å². The van der Waals surface area contributed by atoms with Gasteiger partial charge in [-0.05, 0) is 6.92 Å². The minimum Gasteiger partial charge on any atom is -0.389 e. The number of hydrogen-bond donors (Lipinski definition) is 1. The topological polar surface area (TPSA) is 43.1 Å². The molecule has 0 radical (unpaired) electrons. The van der Waals surface area contributed by atoms with Crippen LogP contribution in [0.25, 0.3) is 0 Å². The summed E-state index contributed by atoms with van der Waals surface area (Å²) in [4.78, 5) is 11.3. The molecule has 0 heterocycles. The Balaban J connectivity index is 3.27. The van der Waals surface area contributed by atoms with E-state index in [9.17, 15) is 4.79 Å². The lowest BCUT2D eigenvalue weighted by Gasteiger charge is -2.02. The van der Waals surface area contributed by atoms with Crippen molar-refractivity contribution in [3.63, 3.8) is 0 Å². The smallest absolute Gasteiger partial charge is 0.160 e. The predicted octanol–water partition coefficient (Wildman–Crippen LogP) is 1.52. The van der Waals surface area contributed by atoms with Crippen LogP contribution in [0.15, 0.2) is 24.3 Å². The fourth-order valence-corrected chi connectivity index (χ4v) is 1.18. The number of benzene rings is 1. The Hall–Kier alpha value is -1.22. The normalized spacial score (nSPS) is 9.42. The molecular formula is C9H9NOS. The van der Waals surface area contributed by atoms with E-state index >= 15 is 0 Å². The molecule has 1 aromatic rings. The summed E-state index contributed by atoms with van der Waals surface area (Å²) < 4.78 is 0. The lowest BCUT2D eigenvalue weighted by molar-refractivity contribution is 0.101. The van der Waals surface area contributed by atoms with E-state index in [1.54, 1.807) is 24.3 Å². The number of thiocarbonyl (C=S) groups is 1. The minimum atomic E-state index is -0.0154. The number of ketones is 1. The Morgan fingerprint density at radius 1 is 1.33 bits per heavy atom. The zero-order valence-corrected chi connectivity index (χ0v) is 7.52. The molecule has 0 aliphatic heterocycles. The van der Waals surface area contributed by atoms with Crippen molar-refractivity contribution in [2.75, 3.05) is 0 Å². The van der Waals surface area contributed by atoms with E-state index in [1.807, 2.05) is 0 Å². The van der Waals surface area contributed by atoms with Gasteiger partial charge >= 0.3 is 0 Å². The van der Waals surface area contributed by atoms with Crippen LogP contribution < -0.4 is 5.73 Å².